The van der Waals surface area contributed by atoms with Crippen molar-refractivity contribution in [2.75, 3.05) is 0 Å². The Morgan fingerprint density at radius 1 is 0.625 bits per heavy atom. The fourth-order valence-electron chi connectivity index (χ4n) is 2.24. The van der Waals surface area contributed by atoms with Crippen molar-refractivity contribution >= 4 is 0 Å². The molecule has 2 unspecified atom stereocenters. The van der Waals surface area contributed by atoms with Crippen LogP contribution < -0.4 is 0 Å². The first-order chi connectivity index (χ1) is 7.57. The molecule has 0 N–H and O–H groups in total. The molecular formula is C16H34. The maximum Gasteiger partial charge on any atom is -0.0417 e. The van der Waals surface area contributed by atoms with Crippen LogP contribution in [0.15, 0.2) is 0 Å². The van der Waals surface area contributed by atoms with Crippen LogP contribution in [-0.4, -0.2) is 0 Å². The lowest BCUT2D eigenvalue weighted by molar-refractivity contribution is 0.341. The van der Waals surface area contributed by atoms with E-state index < -0.39 is 0 Å². The summed E-state index contributed by atoms with van der Waals surface area (Å²) in [6.45, 7) is 11.8. The minimum absolute atomic E-state index is 0.894. The SMILES string of the molecule is CCC(C)C(C)CCCCCCCC(C)C. The van der Waals surface area contributed by atoms with Crippen molar-refractivity contribution in [2.45, 2.75) is 86.0 Å². The molecule has 98 valence electrons. The smallest absolute Gasteiger partial charge is 0.0417 e. The second kappa shape index (κ2) is 10.2. The second-order valence-electron chi connectivity index (χ2n) is 6.10. The number of hydrogen-bond donors (Lipinski definition) is 0. The van der Waals surface area contributed by atoms with Gasteiger partial charge in [0.1, 0.15) is 0 Å². The van der Waals surface area contributed by atoms with E-state index in [1.807, 2.05) is 0 Å². The molecule has 0 radical (unpaired) electrons. The standard InChI is InChI=1S/C16H34/c1-6-15(4)16(5)13-11-9-7-8-10-12-14(2)3/h14-16H,6-13H2,1-5H3. The van der Waals surface area contributed by atoms with E-state index >= 15 is 0 Å². The van der Waals surface area contributed by atoms with Gasteiger partial charge in [0.2, 0.25) is 0 Å². The van der Waals surface area contributed by atoms with Gasteiger partial charge < -0.3 is 0 Å². The van der Waals surface area contributed by atoms with Gasteiger partial charge in [-0.25, -0.2) is 0 Å². The predicted octanol–water partition coefficient (Wildman–Crippen LogP) is 6.06. The van der Waals surface area contributed by atoms with Crippen LogP contribution in [0.4, 0.5) is 0 Å². The monoisotopic (exact) mass is 226 g/mol. The lowest BCUT2D eigenvalue weighted by Gasteiger charge is -2.17. The van der Waals surface area contributed by atoms with Crippen molar-refractivity contribution < 1.29 is 0 Å². The molecule has 0 fully saturated rings. The van der Waals surface area contributed by atoms with Crippen LogP contribution in [0.3, 0.4) is 0 Å². The Kier molecular flexibility index (Phi) is 10.2. The highest BCUT2D eigenvalue weighted by Crippen LogP contribution is 2.21. The van der Waals surface area contributed by atoms with E-state index in [2.05, 4.69) is 34.6 Å². The van der Waals surface area contributed by atoms with Gasteiger partial charge in [-0.2, -0.15) is 0 Å². The summed E-state index contributed by atoms with van der Waals surface area (Å²) in [5.41, 5.74) is 0. The second-order valence-corrected chi connectivity index (χ2v) is 6.10. The molecule has 0 aromatic carbocycles. The highest BCUT2D eigenvalue weighted by Gasteiger charge is 2.08. The molecule has 0 aliphatic carbocycles. The molecule has 0 rings (SSSR count). The molecule has 0 aromatic heterocycles. The average Bonchev–Trinajstić information content (AvgIpc) is 2.25. The van der Waals surface area contributed by atoms with Gasteiger partial charge in [-0.05, 0) is 17.8 Å². The fourth-order valence-corrected chi connectivity index (χ4v) is 2.24. The Morgan fingerprint density at radius 2 is 1.12 bits per heavy atom. The van der Waals surface area contributed by atoms with Crippen LogP contribution in [0.1, 0.15) is 86.0 Å². The average molecular weight is 226 g/mol. The third kappa shape index (κ3) is 9.24. The van der Waals surface area contributed by atoms with Crippen LogP contribution in [0, 0.1) is 17.8 Å². The lowest BCUT2D eigenvalue weighted by atomic mass is 9.89. The minimum Gasteiger partial charge on any atom is -0.0651 e. The maximum absolute atomic E-state index is 2.42. The van der Waals surface area contributed by atoms with Gasteiger partial charge in [0.15, 0.2) is 0 Å². The van der Waals surface area contributed by atoms with Gasteiger partial charge in [0.05, 0.1) is 0 Å². The van der Waals surface area contributed by atoms with Crippen LogP contribution >= 0.6 is 0 Å². The molecule has 16 heavy (non-hydrogen) atoms. The Morgan fingerprint density at radius 3 is 1.62 bits per heavy atom. The van der Waals surface area contributed by atoms with E-state index in [0.717, 1.165) is 17.8 Å². The minimum atomic E-state index is 0.894. The van der Waals surface area contributed by atoms with E-state index in [0.29, 0.717) is 0 Å². The maximum atomic E-state index is 2.42. The molecule has 0 aromatic rings. The summed E-state index contributed by atoms with van der Waals surface area (Å²) in [6, 6.07) is 0. The summed E-state index contributed by atoms with van der Waals surface area (Å²) < 4.78 is 0. The Bertz CT molecular complexity index is 137. The van der Waals surface area contributed by atoms with E-state index in [9.17, 15) is 0 Å². The molecule has 0 aliphatic rings. The number of rotatable bonds is 10. The quantitative estimate of drug-likeness (QED) is 0.397. The molecular weight excluding hydrogens is 192 g/mol. The number of unbranched alkanes of at least 4 members (excludes halogenated alkanes) is 4. The molecule has 0 nitrogen and oxygen atoms in total. The third-order valence-corrected chi connectivity index (χ3v) is 4.06. The zero-order valence-electron chi connectivity index (χ0n) is 12.4. The Balaban J connectivity index is 3.20. The van der Waals surface area contributed by atoms with Crippen molar-refractivity contribution in [2.24, 2.45) is 17.8 Å². The van der Waals surface area contributed by atoms with Gasteiger partial charge in [-0.1, -0.05) is 86.0 Å². The molecule has 0 heterocycles. The van der Waals surface area contributed by atoms with Crippen LogP contribution in [0.5, 0.6) is 0 Å². The topological polar surface area (TPSA) is 0 Å². The van der Waals surface area contributed by atoms with Crippen LogP contribution in [-0.2, 0) is 0 Å². The van der Waals surface area contributed by atoms with E-state index in [1.54, 1.807) is 0 Å². The van der Waals surface area contributed by atoms with Crippen molar-refractivity contribution in [1.29, 1.82) is 0 Å². The highest BCUT2D eigenvalue weighted by molar-refractivity contribution is 4.60. The molecule has 0 aliphatic heterocycles. The van der Waals surface area contributed by atoms with E-state index in [4.69, 9.17) is 0 Å². The lowest BCUT2D eigenvalue weighted by Crippen LogP contribution is -2.06. The van der Waals surface area contributed by atoms with E-state index in [1.165, 1.54) is 51.4 Å². The molecule has 0 amide bonds. The van der Waals surface area contributed by atoms with Crippen molar-refractivity contribution in [1.82, 2.24) is 0 Å². The van der Waals surface area contributed by atoms with Gasteiger partial charge >= 0.3 is 0 Å². The van der Waals surface area contributed by atoms with Gasteiger partial charge in [0.25, 0.3) is 0 Å². The summed E-state index contributed by atoms with van der Waals surface area (Å²) in [7, 11) is 0. The van der Waals surface area contributed by atoms with Crippen LogP contribution in [0.2, 0.25) is 0 Å². The van der Waals surface area contributed by atoms with Gasteiger partial charge in [-0.3, -0.25) is 0 Å². The molecule has 0 saturated carbocycles. The largest absolute Gasteiger partial charge is 0.0651 e. The first-order valence-electron chi connectivity index (χ1n) is 7.57. The zero-order chi connectivity index (χ0) is 12.4. The Labute approximate surface area is 104 Å². The van der Waals surface area contributed by atoms with Crippen molar-refractivity contribution in [3.63, 3.8) is 0 Å². The van der Waals surface area contributed by atoms with Gasteiger partial charge in [0, 0.05) is 0 Å². The summed E-state index contributed by atoms with van der Waals surface area (Å²) >= 11 is 0. The van der Waals surface area contributed by atoms with Crippen molar-refractivity contribution in [3.8, 4) is 0 Å². The summed E-state index contributed by atoms with van der Waals surface area (Å²) in [5, 5.41) is 0. The summed E-state index contributed by atoms with van der Waals surface area (Å²) in [5.74, 6) is 2.74. The predicted molar refractivity (Wildman–Crippen MR) is 75.8 cm³/mol. The molecule has 2 atom stereocenters. The third-order valence-electron chi connectivity index (χ3n) is 4.06. The highest BCUT2D eigenvalue weighted by atomic mass is 14.1. The summed E-state index contributed by atoms with van der Waals surface area (Å²) in [6.07, 6.45) is 11.5. The fraction of sp³-hybridized carbons (Fsp3) is 1.00. The summed E-state index contributed by atoms with van der Waals surface area (Å²) in [4.78, 5) is 0. The molecule has 0 spiro atoms. The molecule has 0 bridgehead atoms. The number of hydrogen-bond acceptors (Lipinski definition) is 0. The van der Waals surface area contributed by atoms with Crippen molar-refractivity contribution in [3.05, 3.63) is 0 Å². The first kappa shape index (κ1) is 16.0. The zero-order valence-corrected chi connectivity index (χ0v) is 12.4. The Hall–Kier alpha value is 0. The van der Waals surface area contributed by atoms with Crippen LogP contribution in [0.25, 0.3) is 0 Å². The van der Waals surface area contributed by atoms with Gasteiger partial charge in [-0.15, -0.1) is 0 Å². The first-order valence-corrected chi connectivity index (χ1v) is 7.57. The molecule has 0 heteroatoms. The molecule has 0 saturated heterocycles. The normalized spacial score (nSPS) is 15.4. The van der Waals surface area contributed by atoms with E-state index in [-0.39, 0.29) is 0 Å².